The van der Waals surface area contributed by atoms with E-state index in [0.717, 1.165) is 17.5 Å². The first-order valence-corrected chi connectivity index (χ1v) is 5.70. The first-order valence-electron chi connectivity index (χ1n) is 5.70. The van der Waals surface area contributed by atoms with Crippen LogP contribution in [0.1, 0.15) is 17.7 Å². The molecule has 0 unspecified atom stereocenters. The molecule has 3 rings (SSSR count). The fourth-order valence-electron chi connectivity index (χ4n) is 2.17. The zero-order chi connectivity index (χ0) is 11.7. The molecule has 1 aromatic carbocycles. The highest BCUT2D eigenvalue weighted by atomic mass is 16.5. The Morgan fingerprint density at radius 1 is 1.06 bits per heavy atom. The number of aromatic nitrogens is 1. The van der Waals surface area contributed by atoms with E-state index in [1.54, 1.807) is 7.11 Å². The van der Waals surface area contributed by atoms with Gasteiger partial charge in [-0.1, -0.05) is 36.4 Å². The summed E-state index contributed by atoms with van der Waals surface area (Å²) in [5.74, 6) is 0.694. The van der Waals surface area contributed by atoms with Crippen molar-refractivity contribution in [3.63, 3.8) is 0 Å². The van der Waals surface area contributed by atoms with Crippen LogP contribution in [0.2, 0.25) is 0 Å². The number of pyridine rings is 1. The average molecular weight is 223 g/mol. The minimum absolute atomic E-state index is 0.694. The molecule has 1 aliphatic rings. The van der Waals surface area contributed by atoms with Gasteiger partial charge in [0.25, 0.3) is 0 Å². The number of nitrogens with zero attached hydrogens (tertiary/aromatic N) is 1. The van der Waals surface area contributed by atoms with Gasteiger partial charge in [0.2, 0.25) is 5.88 Å². The number of methoxy groups -OCH3 is 1. The molecule has 1 aromatic heterocycles. The number of hydrogen-bond donors (Lipinski definition) is 0. The fourth-order valence-corrected chi connectivity index (χ4v) is 2.17. The maximum atomic E-state index is 5.37. The highest BCUT2D eigenvalue weighted by Crippen LogP contribution is 2.31. The van der Waals surface area contributed by atoms with Crippen LogP contribution in [-0.2, 0) is 0 Å². The number of benzene rings is 1. The SMILES string of the molecule is COc1nc2c(c3ccccc13)C=CCC=C2. The van der Waals surface area contributed by atoms with Crippen LogP contribution in [0.3, 0.4) is 0 Å². The normalized spacial score (nSPS) is 13.5. The van der Waals surface area contributed by atoms with Gasteiger partial charge < -0.3 is 4.74 Å². The van der Waals surface area contributed by atoms with Crippen LogP contribution in [0.25, 0.3) is 22.9 Å². The molecule has 0 aliphatic heterocycles. The Morgan fingerprint density at radius 2 is 1.82 bits per heavy atom. The Balaban J connectivity index is 2.43. The van der Waals surface area contributed by atoms with Gasteiger partial charge in [-0.25, -0.2) is 4.98 Å². The molecular weight excluding hydrogens is 210 g/mol. The molecule has 0 fully saturated rings. The van der Waals surface area contributed by atoms with E-state index in [1.807, 2.05) is 18.2 Å². The van der Waals surface area contributed by atoms with Crippen LogP contribution >= 0.6 is 0 Å². The van der Waals surface area contributed by atoms with Crippen LogP contribution < -0.4 is 4.74 Å². The van der Waals surface area contributed by atoms with Crippen molar-refractivity contribution in [1.82, 2.24) is 4.98 Å². The molecule has 0 atom stereocenters. The van der Waals surface area contributed by atoms with Gasteiger partial charge in [0.1, 0.15) is 0 Å². The first kappa shape index (κ1) is 10.1. The van der Waals surface area contributed by atoms with Crippen molar-refractivity contribution < 1.29 is 4.74 Å². The second kappa shape index (κ2) is 4.06. The molecular formula is C15H13NO. The molecule has 0 bridgehead atoms. The van der Waals surface area contributed by atoms with Crippen LogP contribution in [0.4, 0.5) is 0 Å². The van der Waals surface area contributed by atoms with Crippen molar-refractivity contribution in [2.24, 2.45) is 0 Å². The monoisotopic (exact) mass is 223 g/mol. The van der Waals surface area contributed by atoms with Crippen molar-refractivity contribution >= 4 is 22.9 Å². The molecule has 0 amide bonds. The minimum Gasteiger partial charge on any atom is -0.481 e. The predicted molar refractivity (Wildman–Crippen MR) is 71.0 cm³/mol. The molecule has 0 N–H and O–H groups in total. The Bertz CT molecular complexity index is 626. The summed E-state index contributed by atoms with van der Waals surface area (Å²) < 4.78 is 5.37. The van der Waals surface area contributed by atoms with Gasteiger partial charge in [-0.2, -0.15) is 0 Å². The molecule has 0 spiro atoms. The Kier molecular flexibility index (Phi) is 2.41. The molecule has 0 radical (unpaired) electrons. The summed E-state index contributed by atoms with van der Waals surface area (Å²) in [6, 6.07) is 8.21. The van der Waals surface area contributed by atoms with Crippen LogP contribution in [0.15, 0.2) is 36.4 Å². The van der Waals surface area contributed by atoms with Gasteiger partial charge >= 0.3 is 0 Å². The number of ether oxygens (including phenoxy) is 1. The lowest BCUT2D eigenvalue weighted by molar-refractivity contribution is 0.403. The topological polar surface area (TPSA) is 22.1 Å². The number of rotatable bonds is 1. The van der Waals surface area contributed by atoms with Gasteiger partial charge in [-0.05, 0) is 23.9 Å². The lowest BCUT2D eigenvalue weighted by Gasteiger charge is -2.09. The van der Waals surface area contributed by atoms with E-state index in [0.29, 0.717) is 5.88 Å². The molecule has 2 aromatic rings. The Labute approximate surface area is 100 Å². The minimum atomic E-state index is 0.694. The molecule has 17 heavy (non-hydrogen) atoms. The zero-order valence-corrected chi connectivity index (χ0v) is 9.68. The van der Waals surface area contributed by atoms with Crippen LogP contribution in [-0.4, -0.2) is 12.1 Å². The predicted octanol–water partition coefficient (Wildman–Crippen LogP) is 3.67. The highest BCUT2D eigenvalue weighted by molar-refractivity contribution is 5.96. The molecule has 0 saturated carbocycles. The third-order valence-electron chi connectivity index (χ3n) is 2.97. The number of fused-ring (bicyclic) bond motifs is 3. The second-order valence-electron chi connectivity index (χ2n) is 4.01. The Hall–Kier alpha value is -2.09. The van der Waals surface area contributed by atoms with Gasteiger partial charge in [0, 0.05) is 10.9 Å². The van der Waals surface area contributed by atoms with Gasteiger partial charge in [-0.3, -0.25) is 0 Å². The lowest BCUT2D eigenvalue weighted by Crippen LogP contribution is -1.95. The summed E-state index contributed by atoms with van der Waals surface area (Å²) >= 11 is 0. The molecule has 84 valence electrons. The summed E-state index contributed by atoms with van der Waals surface area (Å²) in [5, 5.41) is 2.26. The molecule has 0 saturated heterocycles. The number of allylic oxidation sites excluding steroid dienone is 2. The Morgan fingerprint density at radius 3 is 2.65 bits per heavy atom. The van der Waals surface area contributed by atoms with Crippen molar-refractivity contribution in [3.8, 4) is 5.88 Å². The van der Waals surface area contributed by atoms with Crippen LogP contribution in [0, 0.1) is 0 Å². The fraction of sp³-hybridized carbons (Fsp3) is 0.133. The van der Waals surface area contributed by atoms with Crippen molar-refractivity contribution in [2.45, 2.75) is 6.42 Å². The summed E-state index contributed by atoms with van der Waals surface area (Å²) in [4.78, 5) is 4.56. The quantitative estimate of drug-likeness (QED) is 0.735. The third-order valence-corrected chi connectivity index (χ3v) is 2.97. The van der Waals surface area contributed by atoms with Gasteiger partial charge in [-0.15, -0.1) is 0 Å². The molecule has 2 heteroatoms. The van der Waals surface area contributed by atoms with Crippen LogP contribution in [0.5, 0.6) is 5.88 Å². The van der Waals surface area contributed by atoms with E-state index < -0.39 is 0 Å². The summed E-state index contributed by atoms with van der Waals surface area (Å²) in [7, 11) is 1.66. The van der Waals surface area contributed by atoms with Gasteiger partial charge in [0.15, 0.2) is 0 Å². The summed E-state index contributed by atoms with van der Waals surface area (Å²) in [5.41, 5.74) is 2.16. The smallest absolute Gasteiger partial charge is 0.221 e. The lowest BCUT2D eigenvalue weighted by atomic mass is 10.0. The van der Waals surface area contributed by atoms with Crippen molar-refractivity contribution in [3.05, 3.63) is 47.7 Å². The van der Waals surface area contributed by atoms with Crippen molar-refractivity contribution in [1.29, 1.82) is 0 Å². The number of hydrogen-bond acceptors (Lipinski definition) is 2. The molecule has 1 aliphatic carbocycles. The molecule has 2 nitrogen and oxygen atoms in total. The molecule has 1 heterocycles. The summed E-state index contributed by atoms with van der Waals surface area (Å²) in [6.45, 7) is 0. The van der Waals surface area contributed by atoms with E-state index in [4.69, 9.17) is 4.74 Å². The highest BCUT2D eigenvalue weighted by Gasteiger charge is 2.11. The zero-order valence-electron chi connectivity index (χ0n) is 9.68. The average Bonchev–Trinajstić information content (AvgIpc) is 2.63. The first-order chi connectivity index (χ1) is 8.40. The van der Waals surface area contributed by atoms with E-state index in [2.05, 4.69) is 35.4 Å². The van der Waals surface area contributed by atoms with Crippen molar-refractivity contribution in [2.75, 3.05) is 7.11 Å². The van der Waals surface area contributed by atoms with E-state index >= 15 is 0 Å². The second-order valence-corrected chi connectivity index (χ2v) is 4.01. The van der Waals surface area contributed by atoms with E-state index in [9.17, 15) is 0 Å². The summed E-state index contributed by atoms with van der Waals surface area (Å²) in [6.07, 6.45) is 9.42. The maximum absolute atomic E-state index is 5.37. The standard InChI is InChI=1S/C15H13NO/c1-17-15-13-9-6-5-7-11(13)12-8-3-2-4-10-14(12)16-15/h3-10H,2H2,1H3. The van der Waals surface area contributed by atoms with E-state index in [-0.39, 0.29) is 0 Å². The third kappa shape index (κ3) is 1.62. The maximum Gasteiger partial charge on any atom is 0.221 e. The largest absolute Gasteiger partial charge is 0.481 e. The van der Waals surface area contributed by atoms with Gasteiger partial charge in [0.05, 0.1) is 12.8 Å². The van der Waals surface area contributed by atoms with E-state index in [1.165, 1.54) is 10.9 Å².